The summed E-state index contributed by atoms with van der Waals surface area (Å²) in [4.78, 5) is 24.2. The zero-order valence-electron chi connectivity index (χ0n) is 10.1. The molecule has 19 heavy (non-hydrogen) atoms. The summed E-state index contributed by atoms with van der Waals surface area (Å²) in [7, 11) is 0. The van der Waals surface area contributed by atoms with Gasteiger partial charge in [0.2, 0.25) is 0 Å². The molecule has 8 heteroatoms. The fraction of sp³-hybridized carbons (Fsp3) is 0.364. The number of benzene rings is 1. The maximum atomic E-state index is 12.2. The van der Waals surface area contributed by atoms with Crippen LogP contribution in [0.2, 0.25) is 5.02 Å². The summed E-state index contributed by atoms with van der Waals surface area (Å²) in [6.45, 7) is 1.34. The highest BCUT2D eigenvalue weighted by molar-refractivity contribution is 6.34. The molecule has 1 aliphatic heterocycles. The molecular weight excluding hydrogens is 272 g/mol. The molecule has 0 saturated carbocycles. The zero-order chi connectivity index (χ0) is 14.0. The highest BCUT2D eigenvalue weighted by Gasteiger charge is 2.25. The summed E-state index contributed by atoms with van der Waals surface area (Å²) in [5, 5.41) is 11.0. The number of hydrazine groups is 1. The van der Waals surface area contributed by atoms with Crippen molar-refractivity contribution in [2.24, 2.45) is 5.84 Å². The first-order valence-electron chi connectivity index (χ1n) is 5.78. The maximum absolute atomic E-state index is 12.2. The number of nitro benzene ring substituents is 1. The van der Waals surface area contributed by atoms with Crippen LogP contribution < -0.4 is 11.3 Å². The molecule has 0 spiro atoms. The van der Waals surface area contributed by atoms with E-state index < -0.39 is 4.92 Å². The average molecular weight is 285 g/mol. The van der Waals surface area contributed by atoms with Gasteiger partial charge in [0.05, 0.1) is 9.95 Å². The van der Waals surface area contributed by atoms with Crippen LogP contribution in [-0.4, -0.2) is 28.8 Å². The average Bonchev–Trinajstić information content (AvgIpc) is 2.90. The third kappa shape index (κ3) is 2.61. The minimum absolute atomic E-state index is 0.00430. The minimum Gasteiger partial charge on any atom is -0.339 e. The largest absolute Gasteiger partial charge is 0.339 e. The van der Waals surface area contributed by atoms with Crippen molar-refractivity contribution >= 4 is 28.9 Å². The quantitative estimate of drug-likeness (QED) is 0.500. The molecule has 7 nitrogen and oxygen atoms in total. The molecule has 0 aromatic heterocycles. The van der Waals surface area contributed by atoms with E-state index in [-0.39, 0.29) is 27.9 Å². The maximum Gasteiger partial charge on any atom is 0.295 e. The number of nitrogen functional groups attached to an aromatic ring is 1. The van der Waals surface area contributed by atoms with E-state index in [1.165, 1.54) is 12.1 Å². The number of carbonyl (C=O) groups excluding carboxylic acids is 1. The van der Waals surface area contributed by atoms with Crippen molar-refractivity contribution in [3.63, 3.8) is 0 Å². The molecular formula is C11H13ClN4O3. The molecule has 1 saturated heterocycles. The van der Waals surface area contributed by atoms with Gasteiger partial charge in [-0.2, -0.15) is 0 Å². The second-order valence-corrected chi connectivity index (χ2v) is 4.66. The first kappa shape index (κ1) is 13.6. The van der Waals surface area contributed by atoms with Gasteiger partial charge in [-0.25, -0.2) is 0 Å². The summed E-state index contributed by atoms with van der Waals surface area (Å²) < 4.78 is 0. The first-order valence-corrected chi connectivity index (χ1v) is 6.16. The van der Waals surface area contributed by atoms with E-state index in [1.807, 2.05) is 0 Å². The molecule has 102 valence electrons. The van der Waals surface area contributed by atoms with Crippen LogP contribution in [0.1, 0.15) is 23.2 Å². The van der Waals surface area contributed by atoms with E-state index in [0.717, 1.165) is 12.8 Å². The number of hydrogen-bond acceptors (Lipinski definition) is 5. The van der Waals surface area contributed by atoms with Crippen molar-refractivity contribution in [1.29, 1.82) is 0 Å². The van der Waals surface area contributed by atoms with Gasteiger partial charge in [-0.15, -0.1) is 0 Å². The minimum atomic E-state index is -0.623. The molecule has 0 atom stereocenters. The van der Waals surface area contributed by atoms with Crippen molar-refractivity contribution in [3.05, 3.63) is 32.8 Å². The van der Waals surface area contributed by atoms with E-state index in [1.54, 1.807) is 4.90 Å². The lowest BCUT2D eigenvalue weighted by molar-refractivity contribution is -0.384. The number of nitro groups is 1. The summed E-state index contributed by atoms with van der Waals surface area (Å²) in [6, 6.07) is 2.59. The lowest BCUT2D eigenvalue weighted by Gasteiger charge is -2.16. The summed E-state index contributed by atoms with van der Waals surface area (Å²) in [6.07, 6.45) is 1.90. The van der Waals surface area contributed by atoms with Crippen molar-refractivity contribution in [1.82, 2.24) is 4.90 Å². The monoisotopic (exact) mass is 284 g/mol. The molecule has 0 bridgehead atoms. The second kappa shape index (κ2) is 5.41. The first-order chi connectivity index (χ1) is 9.04. The fourth-order valence-corrected chi connectivity index (χ4v) is 2.37. The van der Waals surface area contributed by atoms with Crippen molar-refractivity contribution < 1.29 is 9.72 Å². The molecule has 1 amide bonds. The van der Waals surface area contributed by atoms with Crippen LogP contribution in [-0.2, 0) is 0 Å². The van der Waals surface area contributed by atoms with Crippen molar-refractivity contribution in [2.75, 3.05) is 18.5 Å². The number of likely N-dealkylation sites (tertiary alicyclic amines) is 1. The van der Waals surface area contributed by atoms with Gasteiger partial charge in [0.15, 0.2) is 0 Å². The Morgan fingerprint density at radius 1 is 1.42 bits per heavy atom. The molecule has 0 radical (unpaired) electrons. The number of hydrogen-bond donors (Lipinski definition) is 2. The Bertz CT molecular complexity index is 529. The lowest BCUT2D eigenvalue weighted by Crippen LogP contribution is -2.27. The number of anilines is 1. The van der Waals surface area contributed by atoms with E-state index in [2.05, 4.69) is 5.43 Å². The Morgan fingerprint density at radius 2 is 2.05 bits per heavy atom. The predicted octanol–water partition coefficient (Wildman–Crippen LogP) is 1.77. The Labute approximate surface area is 114 Å². The Hall–Kier alpha value is -1.86. The van der Waals surface area contributed by atoms with Crippen molar-refractivity contribution in [2.45, 2.75) is 12.8 Å². The molecule has 1 aromatic rings. The van der Waals surface area contributed by atoms with E-state index in [9.17, 15) is 14.9 Å². The molecule has 1 aromatic carbocycles. The van der Waals surface area contributed by atoms with Crippen LogP contribution >= 0.6 is 11.6 Å². The van der Waals surface area contributed by atoms with Gasteiger partial charge >= 0.3 is 0 Å². The van der Waals surface area contributed by atoms with Crippen LogP contribution in [0.3, 0.4) is 0 Å². The molecule has 0 aliphatic carbocycles. The molecule has 0 unspecified atom stereocenters. The van der Waals surface area contributed by atoms with Crippen LogP contribution in [0, 0.1) is 10.1 Å². The smallest absolute Gasteiger partial charge is 0.295 e. The molecule has 1 fully saturated rings. The number of halogens is 1. The number of carbonyl (C=O) groups is 1. The zero-order valence-corrected chi connectivity index (χ0v) is 10.8. The van der Waals surface area contributed by atoms with Crippen LogP contribution in [0.5, 0.6) is 0 Å². The van der Waals surface area contributed by atoms with Crippen LogP contribution in [0.4, 0.5) is 11.4 Å². The molecule has 1 heterocycles. The van der Waals surface area contributed by atoms with E-state index in [4.69, 9.17) is 17.4 Å². The highest BCUT2D eigenvalue weighted by atomic mass is 35.5. The van der Waals surface area contributed by atoms with Gasteiger partial charge in [-0.05, 0) is 18.9 Å². The standard InChI is InChI=1S/C11H13ClN4O3/c12-8-5-7(11(17)15-3-1-2-4-15)6-9(16(18)19)10(8)14-13/h5-6,14H,1-4,13H2. The number of nitrogens with zero attached hydrogens (tertiary/aromatic N) is 2. The highest BCUT2D eigenvalue weighted by Crippen LogP contribution is 2.33. The Morgan fingerprint density at radius 3 is 2.58 bits per heavy atom. The number of rotatable bonds is 3. The normalized spacial score (nSPS) is 14.5. The third-order valence-electron chi connectivity index (χ3n) is 3.05. The van der Waals surface area contributed by atoms with Gasteiger partial charge in [0.25, 0.3) is 11.6 Å². The van der Waals surface area contributed by atoms with Gasteiger partial charge in [-0.3, -0.25) is 20.8 Å². The summed E-state index contributed by atoms with van der Waals surface area (Å²) >= 11 is 5.91. The lowest BCUT2D eigenvalue weighted by atomic mass is 10.1. The topological polar surface area (TPSA) is 102 Å². The van der Waals surface area contributed by atoms with Gasteiger partial charge in [0, 0.05) is 24.7 Å². The predicted molar refractivity (Wildman–Crippen MR) is 71.1 cm³/mol. The Kier molecular flexibility index (Phi) is 3.87. The van der Waals surface area contributed by atoms with Gasteiger partial charge < -0.3 is 10.3 Å². The van der Waals surface area contributed by atoms with E-state index >= 15 is 0 Å². The van der Waals surface area contributed by atoms with Crippen LogP contribution in [0.25, 0.3) is 0 Å². The molecule has 2 rings (SSSR count). The Balaban J connectivity index is 2.41. The fourth-order valence-electron chi connectivity index (χ4n) is 2.11. The molecule has 3 N–H and O–H groups in total. The SMILES string of the molecule is NNc1c(Cl)cc(C(=O)N2CCCC2)cc1[N+](=O)[O-]. The third-order valence-corrected chi connectivity index (χ3v) is 3.35. The van der Waals surface area contributed by atoms with Crippen molar-refractivity contribution in [3.8, 4) is 0 Å². The van der Waals surface area contributed by atoms with Crippen LogP contribution in [0.15, 0.2) is 12.1 Å². The number of amides is 1. The van der Waals surface area contributed by atoms with E-state index in [0.29, 0.717) is 13.1 Å². The number of nitrogens with one attached hydrogen (secondary N) is 1. The van der Waals surface area contributed by atoms with Gasteiger partial charge in [-0.1, -0.05) is 11.6 Å². The second-order valence-electron chi connectivity index (χ2n) is 4.25. The molecule has 1 aliphatic rings. The number of nitrogens with two attached hydrogens (primary N) is 1. The summed E-state index contributed by atoms with van der Waals surface area (Å²) in [5.74, 6) is 4.96. The summed E-state index contributed by atoms with van der Waals surface area (Å²) in [5.41, 5.74) is 2.08. The van der Waals surface area contributed by atoms with Gasteiger partial charge in [0.1, 0.15) is 5.69 Å².